The lowest BCUT2D eigenvalue weighted by Gasteiger charge is -2.20. The number of hydrogen-bond acceptors (Lipinski definition) is 5. The highest BCUT2D eigenvalue weighted by Crippen LogP contribution is 2.36. The number of carbonyl (C=O) groups is 1. The van der Waals surface area contributed by atoms with Gasteiger partial charge in [0, 0.05) is 25.2 Å². The summed E-state index contributed by atoms with van der Waals surface area (Å²) in [5.74, 6) is 1.82. The zero-order chi connectivity index (χ0) is 17.2. The molecule has 4 rings (SSSR count). The lowest BCUT2D eigenvalue weighted by Crippen LogP contribution is -2.31. The number of nitrogens with zero attached hydrogens (tertiary/aromatic N) is 2. The van der Waals surface area contributed by atoms with Gasteiger partial charge in [-0.25, -0.2) is 0 Å². The van der Waals surface area contributed by atoms with Crippen LogP contribution in [-0.2, 0) is 4.74 Å². The summed E-state index contributed by atoms with van der Waals surface area (Å²) in [4.78, 5) is 19.6. The minimum Gasteiger partial charge on any atom is -0.492 e. The van der Waals surface area contributed by atoms with E-state index in [1.54, 1.807) is 12.4 Å². The van der Waals surface area contributed by atoms with E-state index < -0.39 is 0 Å². The Morgan fingerprint density at radius 2 is 2.36 bits per heavy atom. The van der Waals surface area contributed by atoms with Crippen LogP contribution in [0.25, 0.3) is 0 Å². The molecule has 0 saturated carbocycles. The van der Waals surface area contributed by atoms with Crippen LogP contribution in [0, 0.1) is 18.8 Å². The summed E-state index contributed by atoms with van der Waals surface area (Å²) in [6.07, 6.45) is 4.58. The van der Waals surface area contributed by atoms with E-state index in [9.17, 15) is 4.79 Å². The molecule has 3 atom stereocenters. The maximum absolute atomic E-state index is 12.7. The van der Waals surface area contributed by atoms with Crippen molar-refractivity contribution in [1.82, 2.24) is 9.88 Å². The molecule has 2 aromatic rings. The van der Waals surface area contributed by atoms with E-state index in [4.69, 9.17) is 9.47 Å². The van der Waals surface area contributed by atoms with Gasteiger partial charge in [-0.15, -0.1) is 11.3 Å². The van der Waals surface area contributed by atoms with E-state index in [2.05, 4.69) is 4.98 Å². The third-order valence-electron chi connectivity index (χ3n) is 5.17. The molecule has 132 valence electrons. The number of aromatic nitrogens is 1. The van der Waals surface area contributed by atoms with Crippen LogP contribution in [0.3, 0.4) is 0 Å². The van der Waals surface area contributed by atoms with Crippen LogP contribution in [0.4, 0.5) is 0 Å². The maximum atomic E-state index is 12.7. The molecule has 0 radical (unpaired) electrons. The predicted molar refractivity (Wildman–Crippen MR) is 96.0 cm³/mol. The molecule has 0 bridgehead atoms. The van der Waals surface area contributed by atoms with Gasteiger partial charge in [0.25, 0.3) is 5.91 Å². The average molecular weight is 358 g/mol. The van der Waals surface area contributed by atoms with Crippen LogP contribution in [0.1, 0.15) is 21.7 Å². The molecular formula is C19H22N2O3S. The molecule has 0 aromatic carbocycles. The van der Waals surface area contributed by atoms with E-state index >= 15 is 0 Å². The quantitative estimate of drug-likeness (QED) is 0.824. The van der Waals surface area contributed by atoms with Crippen LogP contribution in [-0.4, -0.2) is 48.2 Å². The Hall–Kier alpha value is -1.92. The van der Waals surface area contributed by atoms with E-state index in [-0.39, 0.29) is 12.0 Å². The van der Waals surface area contributed by atoms with Crippen LogP contribution in [0.2, 0.25) is 0 Å². The van der Waals surface area contributed by atoms with Crippen molar-refractivity contribution in [2.24, 2.45) is 11.8 Å². The standard InChI is InChI=1S/C19H22N2O3S/c1-13-5-8-25-18(13)19(22)21-10-16-14(12-24-17(16)11-21)4-7-23-15-3-2-6-20-9-15/h2-3,5-6,8-9,14,16-17H,4,7,10-12H2,1H3/t14-,16-,17-/m0/s1. The van der Waals surface area contributed by atoms with Gasteiger partial charge in [-0.3, -0.25) is 9.78 Å². The largest absolute Gasteiger partial charge is 0.492 e. The first-order valence-electron chi connectivity index (χ1n) is 8.70. The van der Waals surface area contributed by atoms with Crippen molar-refractivity contribution >= 4 is 17.2 Å². The predicted octanol–water partition coefficient (Wildman–Crippen LogP) is 3.01. The zero-order valence-electron chi connectivity index (χ0n) is 14.3. The Labute approximate surface area is 151 Å². The molecule has 0 aliphatic carbocycles. The minimum absolute atomic E-state index is 0.149. The van der Waals surface area contributed by atoms with Crippen LogP contribution >= 0.6 is 11.3 Å². The Balaban J connectivity index is 1.32. The minimum atomic E-state index is 0.149. The number of amides is 1. The molecular weight excluding hydrogens is 336 g/mol. The van der Waals surface area contributed by atoms with Crippen molar-refractivity contribution < 1.29 is 14.3 Å². The molecule has 0 unspecified atom stereocenters. The first-order chi connectivity index (χ1) is 12.2. The summed E-state index contributed by atoms with van der Waals surface area (Å²) in [5.41, 5.74) is 1.06. The summed E-state index contributed by atoms with van der Waals surface area (Å²) < 4.78 is 11.7. The SMILES string of the molecule is Cc1ccsc1C(=O)N1C[C@H]2[C@@H](CCOc3cccnc3)CO[C@H]2C1. The highest BCUT2D eigenvalue weighted by Gasteiger charge is 2.45. The highest BCUT2D eigenvalue weighted by atomic mass is 32.1. The van der Waals surface area contributed by atoms with E-state index in [0.29, 0.717) is 25.0 Å². The Bertz CT molecular complexity index is 733. The fraction of sp³-hybridized carbons (Fsp3) is 0.474. The summed E-state index contributed by atoms with van der Waals surface area (Å²) >= 11 is 1.53. The second-order valence-electron chi connectivity index (χ2n) is 6.76. The van der Waals surface area contributed by atoms with Crippen LogP contribution < -0.4 is 4.74 Å². The van der Waals surface area contributed by atoms with Gasteiger partial charge in [0.05, 0.1) is 30.4 Å². The van der Waals surface area contributed by atoms with Gasteiger partial charge < -0.3 is 14.4 Å². The first-order valence-corrected chi connectivity index (χ1v) is 9.58. The molecule has 0 spiro atoms. The highest BCUT2D eigenvalue weighted by molar-refractivity contribution is 7.12. The summed E-state index contributed by atoms with van der Waals surface area (Å²) in [6.45, 7) is 4.92. The topological polar surface area (TPSA) is 51.7 Å². The van der Waals surface area contributed by atoms with Gasteiger partial charge >= 0.3 is 0 Å². The van der Waals surface area contributed by atoms with Crippen LogP contribution in [0.5, 0.6) is 5.75 Å². The third kappa shape index (κ3) is 3.41. The van der Waals surface area contributed by atoms with Gasteiger partial charge in [0.1, 0.15) is 5.75 Å². The number of hydrogen-bond donors (Lipinski definition) is 0. The van der Waals surface area contributed by atoms with Crippen molar-refractivity contribution in [3.63, 3.8) is 0 Å². The fourth-order valence-electron chi connectivity index (χ4n) is 3.76. The second kappa shape index (κ2) is 7.14. The molecule has 2 aromatic heterocycles. The maximum Gasteiger partial charge on any atom is 0.264 e. The van der Waals surface area contributed by atoms with Crippen molar-refractivity contribution in [3.05, 3.63) is 46.4 Å². The number of ether oxygens (including phenoxy) is 2. The van der Waals surface area contributed by atoms with Gasteiger partial charge in [0.15, 0.2) is 0 Å². The van der Waals surface area contributed by atoms with Gasteiger partial charge in [-0.1, -0.05) is 0 Å². The average Bonchev–Trinajstić information content (AvgIpc) is 3.32. The number of pyridine rings is 1. The number of likely N-dealkylation sites (tertiary alicyclic amines) is 1. The number of aryl methyl sites for hydroxylation is 1. The molecule has 2 aliphatic rings. The molecule has 5 nitrogen and oxygen atoms in total. The van der Waals surface area contributed by atoms with Crippen molar-refractivity contribution in [2.45, 2.75) is 19.4 Å². The molecule has 0 N–H and O–H groups in total. The van der Waals surface area contributed by atoms with Gasteiger partial charge in [0.2, 0.25) is 0 Å². The lowest BCUT2D eigenvalue weighted by atomic mass is 9.91. The monoisotopic (exact) mass is 358 g/mol. The van der Waals surface area contributed by atoms with E-state index in [1.807, 2.05) is 35.4 Å². The third-order valence-corrected chi connectivity index (χ3v) is 6.18. The molecule has 2 fully saturated rings. The van der Waals surface area contributed by atoms with Gasteiger partial charge in [-0.05, 0) is 48.4 Å². The number of fused-ring (bicyclic) bond motifs is 1. The molecule has 1 amide bonds. The molecule has 2 aliphatic heterocycles. The molecule has 6 heteroatoms. The van der Waals surface area contributed by atoms with Gasteiger partial charge in [-0.2, -0.15) is 0 Å². The summed E-state index contributed by atoms with van der Waals surface area (Å²) in [6, 6.07) is 5.79. The fourth-order valence-corrected chi connectivity index (χ4v) is 4.65. The second-order valence-corrected chi connectivity index (χ2v) is 7.68. The zero-order valence-corrected chi connectivity index (χ0v) is 15.1. The Morgan fingerprint density at radius 1 is 1.44 bits per heavy atom. The molecule has 25 heavy (non-hydrogen) atoms. The van der Waals surface area contributed by atoms with Crippen LogP contribution in [0.15, 0.2) is 36.0 Å². The lowest BCUT2D eigenvalue weighted by molar-refractivity contribution is 0.0675. The smallest absolute Gasteiger partial charge is 0.264 e. The summed E-state index contributed by atoms with van der Waals surface area (Å²) in [7, 11) is 0. The van der Waals surface area contributed by atoms with Crippen molar-refractivity contribution in [3.8, 4) is 5.75 Å². The molecule has 2 saturated heterocycles. The van der Waals surface area contributed by atoms with Crippen molar-refractivity contribution in [2.75, 3.05) is 26.3 Å². The Morgan fingerprint density at radius 3 is 3.12 bits per heavy atom. The number of rotatable bonds is 5. The summed E-state index contributed by atoms with van der Waals surface area (Å²) in [5, 5.41) is 1.98. The normalized spacial score (nSPS) is 25.2. The number of thiophene rings is 1. The van der Waals surface area contributed by atoms with E-state index in [0.717, 1.165) is 35.8 Å². The Kier molecular flexibility index (Phi) is 4.72. The molecule has 4 heterocycles. The first kappa shape index (κ1) is 16.5. The number of carbonyl (C=O) groups excluding carboxylic acids is 1. The van der Waals surface area contributed by atoms with E-state index in [1.165, 1.54) is 11.3 Å². The van der Waals surface area contributed by atoms with Crippen molar-refractivity contribution in [1.29, 1.82) is 0 Å².